The van der Waals surface area contributed by atoms with Gasteiger partial charge in [-0.3, -0.25) is 0 Å². The van der Waals surface area contributed by atoms with Crippen LogP contribution in [0.2, 0.25) is 0 Å². The maximum Gasteiger partial charge on any atom is 0.173 e. The summed E-state index contributed by atoms with van der Waals surface area (Å²) >= 11 is 0. The van der Waals surface area contributed by atoms with Gasteiger partial charge in [0.2, 0.25) is 0 Å². The second-order valence-corrected chi connectivity index (χ2v) is 2.81. The minimum absolute atomic E-state index is 0.470. The molecule has 0 aromatic carbocycles. The van der Waals surface area contributed by atoms with Crippen molar-refractivity contribution in [1.82, 2.24) is 0 Å². The summed E-state index contributed by atoms with van der Waals surface area (Å²) in [5.74, 6) is 0. The van der Waals surface area contributed by atoms with E-state index >= 15 is 0 Å². The molecule has 0 aromatic heterocycles. The van der Waals surface area contributed by atoms with Crippen LogP contribution in [0.25, 0.3) is 0 Å². The largest absolute Gasteiger partial charge is 0.394 e. The van der Waals surface area contributed by atoms with E-state index < -0.39 is 37.3 Å². The summed E-state index contributed by atoms with van der Waals surface area (Å²) in [7, 11) is 0. The van der Waals surface area contributed by atoms with E-state index in [2.05, 4.69) is 0 Å². The van der Waals surface area contributed by atoms with Crippen molar-refractivity contribution >= 4 is 0 Å². The molecule has 5 atom stereocenters. The fourth-order valence-electron chi connectivity index (χ4n) is 1.12. The van der Waals surface area contributed by atoms with E-state index in [-0.39, 0.29) is 0 Å². The van der Waals surface area contributed by atoms with Crippen molar-refractivity contribution < 1.29 is 25.2 Å². The number of aliphatic hydroxyl groups excluding tert-OH is 4. The van der Waals surface area contributed by atoms with E-state index in [4.69, 9.17) is 20.7 Å². The molecule has 1 fully saturated rings. The Hall–Kier alpha value is -0.240. The molecule has 1 aliphatic rings. The molecule has 6 heteroatoms. The van der Waals surface area contributed by atoms with Gasteiger partial charge in [-0.05, 0) is 0 Å². The Morgan fingerprint density at radius 1 is 1.17 bits per heavy atom. The lowest BCUT2D eigenvalue weighted by atomic mass is 9.98. The third-order valence-corrected chi connectivity index (χ3v) is 1.95. The van der Waals surface area contributed by atoms with Crippen molar-refractivity contribution in [3.8, 4) is 0 Å². The molecule has 0 saturated carbocycles. The van der Waals surface area contributed by atoms with E-state index in [0.29, 0.717) is 0 Å². The van der Waals surface area contributed by atoms with E-state index in [1.54, 1.807) is 0 Å². The third-order valence-electron chi connectivity index (χ3n) is 1.95. The zero-order valence-corrected chi connectivity index (χ0v) is 6.37. The van der Waals surface area contributed by atoms with Gasteiger partial charge in [0.05, 0.1) is 12.6 Å². The standard InChI is InChI=1S/C6H13NO5/c7-3-5(10)4(9)2(1-8)12-6(3)11/h2-6,8-11H,1,7H2/t2-,3-,4+,5-,6+/m1/s1. The van der Waals surface area contributed by atoms with Crippen molar-refractivity contribution in [2.45, 2.75) is 30.6 Å². The predicted molar refractivity (Wildman–Crippen MR) is 38.0 cm³/mol. The Bertz CT molecular complexity index is 150. The Balaban J connectivity index is 2.63. The molecule has 1 saturated heterocycles. The maximum absolute atomic E-state index is 9.20. The number of rotatable bonds is 1. The van der Waals surface area contributed by atoms with Crippen LogP contribution in [0.1, 0.15) is 0 Å². The van der Waals surface area contributed by atoms with Crippen molar-refractivity contribution in [2.24, 2.45) is 5.73 Å². The van der Waals surface area contributed by atoms with Crippen molar-refractivity contribution in [1.29, 1.82) is 0 Å². The zero-order chi connectivity index (χ0) is 9.30. The Morgan fingerprint density at radius 2 is 1.75 bits per heavy atom. The molecule has 0 aliphatic carbocycles. The van der Waals surface area contributed by atoms with Gasteiger partial charge in [-0.1, -0.05) is 0 Å². The van der Waals surface area contributed by atoms with Crippen LogP contribution in [0.3, 0.4) is 0 Å². The average molecular weight is 179 g/mol. The second-order valence-electron chi connectivity index (χ2n) is 2.81. The molecule has 1 aliphatic heterocycles. The molecule has 1 heterocycles. The summed E-state index contributed by atoms with van der Waals surface area (Å²) in [6.45, 7) is -0.470. The molecule has 0 bridgehead atoms. The summed E-state index contributed by atoms with van der Waals surface area (Å²) in [4.78, 5) is 0. The highest BCUT2D eigenvalue weighted by Gasteiger charge is 2.41. The van der Waals surface area contributed by atoms with Gasteiger partial charge in [-0.25, -0.2) is 0 Å². The summed E-state index contributed by atoms with van der Waals surface area (Å²) in [6.07, 6.45) is -4.85. The number of hydrogen-bond acceptors (Lipinski definition) is 6. The minimum Gasteiger partial charge on any atom is -0.394 e. The fourth-order valence-corrected chi connectivity index (χ4v) is 1.12. The summed E-state index contributed by atoms with van der Waals surface area (Å²) in [6, 6.07) is -1.04. The van der Waals surface area contributed by atoms with Crippen molar-refractivity contribution in [2.75, 3.05) is 6.61 Å². The summed E-state index contributed by atoms with van der Waals surface area (Å²) in [5, 5.41) is 36.1. The normalized spacial score (nSPS) is 49.2. The van der Waals surface area contributed by atoms with Crippen LogP contribution in [-0.4, -0.2) is 57.7 Å². The monoisotopic (exact) mass is 179 g/mol. The molecule has 0 unspecified atom stereocenters. The van der Waals surface area contributed by atoms with Crippen molar-refractivity contribution in [3.63, 3.8) is 0 Å². The van der Waals surface area contributed by atoms with Gasteiger partial charge in [-0.2, -0.15) is 0 Å². The van der Waals surface area contributed by atoms with Gasteiger partial charge in [0, 0.05) is 0 Å². The lowest BCUT2D eigenvalue weighted by Gasteiger charge is -2.38. The number of nitrogens with two attached hydrogens (primary N) is 1. The molecule has 0 spiro atoms. The van der Waals surface area contributed by atoms with Gasteiger partial charge in [-0.15, -0.1) is 0 Å². The highest BCUT2D eigenvalue weighted by atomic mass is 16.6. The minimum atomic E-state index is -1.35. The first-order valence-corrected chi connectivity index (χ1v) is 3.64. The first kappa shape index (κ1) is 9.85. The van der Waals surface area contributed by atoms with Crippen LogP contribution in [-0.2, 0) is 4.74 Å². The summed E-state index contributed by atoms with van der Waals surface area (Å²) < 4.78 is 4.70. The number of hydrogen-bond donors (Lipinski definition) is 5. The fraction of sp³-hybridized carbons (Fsp3) is 1.00. The SMILES string of the molecule is N[C@@H]1[C@@H](O)[C@@H](O)[C@@H](CO)O[C@@H]1O. The van der Waals surface area contributed by atoms with E-state index in [1.807, 2.05) is 0 Å². The topological polar surface area (TPSA) is 116 Å². The highest BCUT2D eigenvalue weighted by molar-refractivity contribution is 4.90. The van der Waals surface area contributed by atoms with Crippen LogP contribution < -0.4 is 5.73 Å². The molecule has 72 valence electrons. The quantitative estimate of drug-likeness (QED) is 0.288. The summed E-state index contributed by atoms with van der Waals surface area (Å²) in [5.41, 5.74) is 5.26. The Kier molecular flexibility index (Phi) is 2.99. The molecule has 6 N–H and O–H groups in total. The number of aliphatic hydroxyl groups is 4. The molecular formula is C6H13NO5. The van der Waals surface area contributed by atoms with Gasteiger partial charge < -0.3 is 30.9 Å². The lowest BCUT2D eigenvalue weighted by molar-refractivity contribution is -0.248. The highest BCUT2D eigenvalue weighted by Crippen LogP contribution is 2.17. The van der Waals surface area contributed by atoms with Gasteiger partial charge >= 0.3 is 0 Å². The Labute approximate surface area is 69.2 Å². The molecule has 12 heavy (non-hydrogen) atoms. The molecule has 6 nitrogen and oxygen atoms in total. The van der Waals surface area contributed by atoms with Crippen LogP contribution in [0, 0.1) is 0 Å². The van der Waals surface area contributed by atoms with Crippen LogP contribution in [0.5, 0.6) is 0 Å². The van der Waals surface area contributed by atoms with Crippen LogP contribution >= 0.6 is 0 Å². The van der Waals surface area contributed by atoms with Crippen molar-refractivity contribution in [3.05, 3.63) is 0 Å². The molecule has 0 aromatic rings. The predicted octanol–water partition coefficient (Wildman–Crippen LogP) is -3.26. The molecule has 1 rings (SSSR count). The maximum atomic E-state index is 9.20. The Morgan fingerprint density at radius 3 is 2.25 bits per heavy atom. The second kappa shape index (κ2) is 3.65. The van der Waals surface area contributed by atoms with E-state index in [0.717, 1.165) is 0 Å². The lowest BCUT2D eigenvalue weighted by Crippen LogP contribution is -2.61. The first-order valence-electron chi connectivity index (χ1n) is 3.64. The van der Waals surface area contributed by atoms with Crippen LogP contribution in [0.15, 0.2) is 0 Å². The number of ether oxygens (including phenoxy) is 1. The molecular weight excluding hydrogens is 166 g/mol. The van der Waals surface area contributed by atoms with E-state index in [1.165, 1.54) is 0 Å². The van der Waals surface area contributed by atoms with E-state index in [9.17, 15) is 10.2 Å². The molecule has 0 radical (unpaired) electrons. The van der Waals surface area contributed by atoms with Gasteiger partial charge in [0.25, 0.3) is 0 Å². The van der Waals surface area contributed by atoms with Gasteiger partial charge in [0.15, 0.2) is 6.29 Å². The average Bonchev–Trinajstić information content (AvgIpc) is 2.08. The van der Waals surface area contributed by atoms with Gasteiger partial charge in [0.1, 0.15) is 18.3 Å². The van der Waals surface area contributed by atoms with Crippen LogP contribution in [0.4, 0.5) is 0 Å². The molecule has 0 amide bonds. The third kappa shape index (κ3) is 1.58. The zero-order valence-electron chi connectivity index (χ0n) is 6.37. The smallest absolute Gasteiger partial charge is 0.173 e. The first-order chi connectivity index (χ1) is 5.57.